The molecule has 2 aromatic carbocycles. The maximum Gasteiger partial charge on any atom is 0.264 e. The van der Waals surface area contributed by atoms with Crippen molar-refractivity contribution in [2.75, 3.05) is 24.3 Å². The highest BCUT2D eigenvalue weighted by Gasteiger charge is 2.12. The number of halogens is 2. The molecule has 4 nitrogen and oxygen atoms in total. The summed E-state index contributed by atoms with van der Waals surface area (Å²) in [5, 5.41) is 0. The lowest BCUT2D eigenvalue weighted by atomic mass is 10.2. The molecule has 0 radical (unpaired) electrons. The van der Waals surface area contributed by atoms with Crippen LogP contribution in [0.2, 0.25) is 0 Å². The van der Waals surface area contributed by atoms with Crippen LogP contribution >= 0.6 is 31.9 Å². The maximum absolute atomic E-state index is 12.1. The van der Waals surface area contributed by atoms with Crippen molar-refractivity contribution in [1.29, 1.82) is 0 Å². The number of benzene rings is 2. The van der Waals surface area contributed by atoms with Crippen LogP contribution in [0.4, 0.5) is 11.4 Å². The summed E-state index contributed by atoms with van der Waals surface area (Å²) in [4.78, 5) is 13.7. The fourth-order valence-corrected chi connectivity index (χ4v) is 2.83. The molecule has 2 aromatic rings. The molecule has 0 saturated carbocycles. The molecule has 0 spiro atoms. The molecular weight excluding hydrogens is 400 g/mol. The Kier molecular flexibility index (Phi) is 5.25. The zero-order valence-corrected chi connectivity index (χ0v) is 14.5. The Bertz CT molecular complexity index is 645. The monoisotopic (exact) mass is 412 g/mol. The topological polar surface area (TPSA) is 55.6 Å². The number of nitrogens with two attached hydrogens (primary N) is 1. The molecular formula is C15H14Br2N2O2. The standard InChI is InChI=1S/C15H14Br2N2O2/c1-19(12-5-3-11(18)4-6-12)15(20)9-21-14-7-2-10(16)8-13(14)17/h2-8H,9,18H2,1H3. The van der Waals surface area contributed by atoms with Gasteiger partial charge in [0, 0.05) is 22.9 Å². The Morgan fingerprint density at radius 2 is 1.86 bits per heavy atom. The van der Waals surface area contributed by atoms with Crippen LogP contribution in [0.3, 0.4) is 0 Å². The largest absolute Gasteiger partial charge is 0.483 e. The van der Waals surface area contributed by atoms with Crippen LogP contribution in [0.15, 0.2) is 51.4 Å². The Labute approximate surface area is 140 Å². The molecule has 0 aliphatic carbocycles. The van der Waals surface area contributed by atoms with Crippen molar-refractivity contribution in [2.24, 2.45) is 0 Å². The highest BCUT2D eigenvalue weighted by molar-refractivity contribution is 9.11. The minimum Gasteiger partial charge on any atom is -0.483 e. The minimum absolute atomic E-state index is 0.0406. The molecule has 2 rings (SSSR count). The zero-order chi connectivity index (χ0) is 15.4. The van der Waals surface area contributed by atoms with Gasteiger partial charge in [0.15, 0.2) is 6.61 Å². The summed E-state index contributed by atoms with van der Waals surface area (Å²) in [6.07, 6.45) is 0. The zero-order valence-electron chi connectivity index (χ0n) is 11.3. The Morgan fingerprint density at radius 3 is 2.48 bits per heavy atom. The quantitative estimate of drug-likeness (QED) is 0.774. The minimum atomic E-state index is -0.144. The van der Waals surface area contributed by atoms with E-state index in [0.29, 0.717) is 11.4 Å². The number of hydrogen-bond donors (Lipinski definition) is 1. The van der Waals surface area contributed by atoms with Crippen LogP contribution < -0.4 is 15.4 Å². The van der Waals surface area contributed by atoms with Crippen LogP contribution in [0.25, 0.3) is 0 Å². The number of carbonyl (C=O) groups excluding carboxylic acids is 1. The van der Waals surface area contributed by atoms with E-state index in [9.17, 15) is 4.79 Å². The van der Waals surface area contributed by atoms with E-state index in [0.717, 1.165) is 14.6 Å². The van der Waals surface area contributed by atoms with Gasteiger partial charge < -0.3 is 15.4 Å². The number of carbonyl (C=O) groups is 1. The number of rotatable bonds is 4. The average Bonchev–Trinajstić information content (AvgIpc) is 2.46. The van der Waals surface area contributed by atoms with E-state index in [1.807, 2.05) is 12.1 Å². The Morgan fingerprint density at radius 1 is 1.19 bits per heavy atom. The molecule has 0 aliphatic rings. The highest BCUT2D eigenvalue weighted by Crippen LogP contribution is 2.28. The van der Waals surface area contributed by atoms with Crippen LogP contribution in [0, 0.1) is 0 Å². The van der Waals surface area contributed by atoms with Crippen molar-refractivity contribution in [3.05, 3.63) is 51.4 Å². The normalized spacial score (nSPS) is 10.2. The summed E-state index contributed by atoms with van der Waals surface area (Å²) < 4.78 is 7.26. The van der Waals surface area contributed by atoms with E-state index in [2.05, 4.69) is 31.9 Å². The van der Waals surface area contributed by atoms with Gasteiger partial charge in [-0.15, -0.1) is 0 Å². The van der Waals surface area contributed by atoms with Crippen molar-refractivity contribution in [2.45, 2.75) is 0 Å². The third-order valence-electron chi connectivity index (χ3n) is 2.90. The average molecular weight is 414 g/mol. The number of nitrogen functional groups attached to an aromatic ring is 1. The van der Waals surface area contributed by atoms with Crippen LogP contribution in [0.1, 0.15) is 0 Å². The lowest BCUT2D eigenvalue weighted by Crippen LogP contribution is -2.31. The van der Waals surface area contributed by atoms with Crippen molar-refractivity contribution in [3.8, 4) is 5.75 Å². The summed E-state index contributed by atoms with van der Waals surface area (Å²) in [7, 11) is 1.70. The first-order valence-corrected chi connectivity index (χ1v) is 7.76. The summed E-state index contributed by atoms with van der Waals surface area (Å²) >= 11 is 6.76. The van der Waals surface area contributed by atoms with Gasteiger partial charge in [-0.2, -0.15) is 0 Å². The second-order valence-corrected chi connectivity index (χ2v) is 6.18. The first kappa shape index (κ1) is 15.9. The number of likely N-dealkylation sites (N-methyl/N-ethyl adjacent to an activating group) is 1. The lowest BCUT2D eigenvalue weighted by molar-refractivity contribution is -0.120. The first-order chi connectivity index (χ1) is 9.97. The smallest absolute Gasteiger partial charge is 0.264 e. The molecule has 110 valence electrons. The molecule has 21 heavy (non-hydrogen) atoms. The van der Waals surface area contributed by atoms with Crippen molar-refractivity contribution >= 4 is 49.1 Å². The van der Waals surface area contributed by atoms with Gasteiger partial charge >= 0.3 is 0 Å². The Hall–Kier alpha value is -1.53. The van der Waals surface area contributed by atoms with Crippen LogP contribution in [0.5, 0.6) is 5.75 Å². The van der Waals surface area contributed by atoms with Gasteiger partial charge in [0.25, 0.3) is 5.91 Å². The van der Waals surface area contributed by atoms with Gasteiger partial charge in [0.1, 0.15) is 5.75 Å². The van der Waals surface area contributed by atoms with Crippen LogP contribution in [-0.2, 0) is 4.79 Å². The third kappa shape index (κ3) is 4.22. The predicted molar refractivity (Wildman–Crippen MR) is 91.6 cm³/mol. The second kappa shape index (κ2) is 6.95. The second-order valence-electron chi connectivity index (χ2n) is 4.41. The number of ether oxygens (including phenoxy) is 1. The molecule has 0 bridgehead atoms. The molecule has 2 N–H and O–H groups in total. The third-order valence-corrected chi connectivity index (χ3v) is 4.01. The molecule has 0 saturated heterocycles. The molecule has 0 unspecified atom stereocenters. The van der Waals surface area contributed by atoms with Gasteiger partial charge in [-0.05, 0) is 58.4 Å². The molecule has 6 heteroatoms. The number of nitrogens with zero attached hydrogens (tertiary/aromatic N) is 1. The molecule has 0 atom stereocenters. The number of hydrogen-bond acceptors (Lipinski definition) is 3. The van der Waals surface area contributed by atoms with Gasteiger partial charge in [-0.3, -0.25) is 4.79 Å². The summed E-state index contributed by atoms with van der Waals surface area (Å²) in [6, 6.07) is 12.6. The van der Waals surface area contributed by atoms with E-state index < -0.39 is 0 Å². The van der Waals surface area contributed by atoms with E-state index in [-0.39, 0.29) is 12.5 Å². The highest BCUT2D eigenvalue weighted by atomic mass is 79.9. The predicted octanol–water partition coefficient (Wildman–Crippen LogP) is 3.84. The molecule has 1 amide bonds. The lowest BCUT2D eigenvalue weighted by Gasteiger charge is -2.18. The van der Waals surface area contributed by atoms with E-state index >= 15 is 0 Å². The fraction of sp³-hybridized carbons (Fsp3) is 0.133. The summed E-state index contributed by atoms with van der Waals surface area (Å²) in [5.41, 5.74) is 7.06. The SMILES string of the molecule is CN(C(=O)COc1ccc(Br)cc1Br)c1ccc(N)cc1. The molecule has 0 aliphatic heterocycles. The van der Waals surface area contributed by atoms with E-state index in [1.165, 1.54) is 4.90 Å². The van der Waals surface area contributed by atoms with E-state index in [1.54, 1.807) is 37.4 Å². The molecule has 0 aromatic heterocycles. The van der Waals surface area contributed by atoms with Gasteiger partial charge in [0.05, 0.1) is 4.47 Å². The van der Waals surface area contributed by atoms with E-state index in [4.69, 9.17) is 10.5 Å². The van der Waals surface area contributed by atoms with Crippen molar-refractivity contribution < 1.29 is 9.53 Å². The number of amides is 1. The molecule has 0 heterocycles. The van der Waals surface area contributed by atoms with Gasteiger partial charge in [0.2, 0.25) is 0 Å². The fourth-order valence-electron chi connectivity index (χ4n) is 1.67. The van der Waals surface area contributed by atoms with Crippen LogP contribution in [-0.4, -0.2) is 19.6 Å². The first-order valence-electron chi connectivity index (χ1n) is 6.17. The summed E-state index contributed by atoms with van der Waals surface area (Å²) in [6.45, 7) is -0.0406. The van der Waals surface area contributed by atoms with Gasteiger partial charge in [-0.25, -0.2) is 0 Å². The maximum atomic E-state index is 12.1. The number of anilines is 2. The molecule has 0 fully saturated rings. The van der Waals surface area contributed by atoms with Gasteiger partial charge in [-0.1, -0.05) is 15.9 Å². The van der Waals surface area contributed by atoms with Crippen molar-refractivity contribution in [1.82, 2.24) is 0 Å². The Balaban J connectivity index is 1.99. The van der Waals surface area contributed by atoms with Crippen molar-refractivity contribution in [3.63, 3.8) is 0 Å². The summed E-state index contributed by atoms with van der Waals surface area (Å²) in [5.74, 6) is 0.479.